The Balaban J connectivity index is 1.55. The van der Waals surface area contributed by atoms with E-state index in [2.05, 4.69) is 0 Å². The van der Waals surface area contributed by atoms with Crippen LogP contribution in [0.3, 0.4) is 0 Å². The van der Waals surface area contributed by atoms with Crippen LogP contribution in [0.4, 0.5) is 0 Å². The molecule has 0 spiro atoms. The number of nitrogens with zero attached hydrogens (tertiary/aromatic N) is 2. The lowest BCUT2D eigenvalue weighted by Gasteiger charge is -2.64. The summed E-state index contributed by atoms with van der Waals surface area (Å²) < 4.78 is 28.6. The van der Waals surface area contributed by atoms with Crippen LogP contribution in [0.25, 0.3) is 0 Å². The number of sulfonamides is 1. The first-order valence-electron chi connectivity index (χ1n) is 10.2. The SMILES string of the molecule is Cc1ccccc1S(=O)(=O)N1N(C2C3CC4CC(C3)CC2C4)C(=O)C1(C)C. The number of carbonyl (C=O) groups excluding carboxylic acids is 1. The van der Waals surface area contributed by atoms with E-state index in [1.165, 1.54) is 10.8 Å². The van der Waals surface area contributed by atoms with Crippen molar-refractivity contribution >= 4 is 15.9 Å². The highest BCUT2D eigenvalue weighted by Crippen LogP contribution is 2.57. The molecule has 4 bridgehead atoms. The number of aryl methyl sites for hydroxylation is 1. The third-order valence-corrected chi connectivity index (χ3v) is 9.57. The first kappa shape index (κ1) is 17.7. The van der Waals surface area contributed by atoms with Gasteiger partial charge in [0.25, 0.3) is 15.9 Å². The fraction of sp³-hybridized carbons (Fsp3) is 0.667. The zero-order chi connectivity index (χ0) is 19.1. The standard InChI is InChI=1S/C21H28N2O3S/c1-13-6-4-5-7-18(13)27(25,26)23-21(2,3)20(24)22(23)19-16-9-14-8-15(11-16)12-17(19)10-14/h4-7,14-17,19H,8-12H2,1-3H3. The molecule has 6 rings (SSSR count). The quantitative estimate of drug-likeness (QED) is 0.798. The van der Waals surface area contributed by atoms with Gasteiger partial charge in [-0.1, -0.05) is 22.6 Å². The van der Waals surface area contributed by atoms with Gasteiger partial charge in [-0.05, 0) is 88.2 Å². The normalized spacial score (nSPS) is 37.5. The van der Waals surface area contributed by atoms with Crippen molar-refractivity contribution < 1.29 is 13.2 Å². The van der Waals surface area contributed by atoms with Crippen LogP contribution in [0.1, 0.15) is 51.5 Å². The van der Waals surface area contributed by atoms with E-state index in [1.54, 1.807) is 31.0 Å². The van der Waals surface area contributed by atoms with Gasteiger partial charge in [-0.2, -0.15) is 0 Å². The molecule has 0 aromatic heterocycles. The molecule has 1 aromatic carbocycles. The van der Waals surface area contributed by atoms with Crippen LogP contribution in [0, 0.1) is 30.6 Å². The van der Waals surface area contributed by atoms with Crippen LogP contribution in [0.5, 0.6) is 0 Å². The van der Waals surface area contributed by atoms with Crippen LogP contribution in [-0.4, -0.2) is 35.3 Å². The number of carbonyl (C=O) groups is 1. The van der Waals surface area contributed by atoms with Crippen molar-refractivity contribution in [2.75, 3.05) is 0 Å². The Kier molecular flexibility index (Phi) is 3.65. The highest BCUT2D eigenvalue weighted by molar-refractivity contribution is 7.89. The summed E-state index contributed by atoms with van der Waals surface area (Å²) in [5.41, 5.74) is -0.298. The summed E-state index contributed by atoms with van der Waals surface area (Å²) in [5.74, 6) is 2.44. The highest BCUT2D eigenvalue weighted by Gasteiger charge is 2.65. The Labute approximate surface area is 161 Å². The number of rotatable bonds is 3. The van der Waals surface area contributed by atoms with Crippen molar-refractivity contribution in [1.82, 2.24) is 9.42 Å². The largest absolute Gasteiger partial charge is 0.271 e. The molecule has 4 aliphatic carbocycles. The molecular weight excluding hydrogens is 360 g/mol. The molecule has 1 aliphatic heterocycles. The Hall–Kier alpha value is -1.40. The van der Waals surface area contributed by atoms with Gasteiger partial charge in [0, 0.05) is 0 Å². The maximum atomic E-state index is 13.6. The molecular formula is C21H28N2O3S. The second-order valence-electron chi connectivity index (χ2n) is 9.64. The monoisotopic (exact) mass is 388 g/mol. The van der Waals surface area contributed by atoms with Crippen LogP contribution in [0.2, 0.25) is 0 Å². The lowest BCUT2D eigenvalue weighted by atomic mass is 9.54. The van der Waals surface area contributed by atoms with E-state index >= 15 is 0 Å². The molecule has 0 N–H and O–H groups in total. The van der Waals surface area contributed by atoms with Crippen LogP contribution >= 0.6 is 0 Å². The van der Waals surface area contributed by atoms with Crippen LogP contribution < -0.4 is 0 Å². The molecule has 5 aliphatic rings. The smallest absolute Gasteiger partial charge is 0.261 e. The number of hydrogen-bond acceptors (Lipinski definition) is 3. The van der Waals surface area contributed by atoms with Crippen molar-refractivity contribution in [3.05, 3.63) is 29.8 Å². The average molecular weight is 389 g/mol. The van der Waals surface area contributed by atoms with Crippen molar-refractivity contribution in [2.24, 2.45) is 23.7 Å². The zero-order valence-electron chi connectivity index (χ0n) is 16.3. The Morgan fingerprint density at radius 3 is 2.07 bits per heavy atom. The molecule has 6 heteroatoms. The van der Waals surface area contributed by atoms with Gasteiger partial charge in [0.2, 0.25) is 0 Å². The van der Waals surface area contributed by atoms with Crippen LogP contribution in [0.15, 0.2) is 29.2 Å². The summed E-state index contributed by atoms with van der Waals surface area (Å²) in [4.78, 5) is 13.4. The first-order chi connectivity index (χ1) is 12.7. The number of hydrazine groups is 1. The van der Waals surface area contributed by atoms with Crippen molar-refractivity contribution in [2.45, 2.75) is 69.4 Å². The number of hydrogen-bond donors (Lipinski definition) is 0. The molecule has 5 fully saturated rings. The van der Waals surface area contributed by atoms with Gasteiger partial charge in [-0.25, -0.2) is 8.42 Å². The lowest BCUT2D eigenvalue weighted by Crippen LogP contribution is -2.80. The summed E-state index contributed by atoms with van der Waals surface area (Å²) in [5, 5.41) is 1.65. The predicted molar refractivity (Wildman–Crippen MR) is 102 cm³/mol. The second kappa shape index (κ2) is 5.57. The number of benzene rings is 1. The van der Waals surface area contributed by atoms with Gasteiger partial charge in [0.1, 0.15) is 5.54 Å². The van der Waals surface area contributed by atoms with E-state index < -0.39 is 15.6 Å². The molecule has 0 radical (unpaired) electrons. The fourth-order valence-corrected chi connectivity index (χ4v) is 8.58. The maximum Gasteiger partial charge on any atom is 0.261 e. The second-order valence-corrected chi connectivity index (χ2v) is 11.4. The van der Waals surface area contributed by atoms with Gasteiger partial charge in [-0.3, -0.25) is 9.80 Å². The molecule has 1 saturated heterocycles. The summed E-state index contributed by atoms with van der Waals surface area (Å²) in [6.45, 7) is 5.28. The Morgan fingerprint density at radius 2 is 1.52 bits per heavy atom. The molecule has 1 heterocycles. The summed E-state index contributed by atoms with van der Waals surface area (Å²) in [6, 6.07) is 7.11. The molecule has 27 heavy (non-hydrogen) atoms. The summed E-state index contributed by atoms with van der Waals surface area (Å²) >= 11 is 0. The third kappa shape index (κ3) is 2.32. The fourth-order valence-electron chi connectivity index (χ4n) is 6.58. The van der Waals surface area contributed by atoms with Gasteiger partial charge in [0.15, 0.2) is 0 Å². The van der Waals surface area contributed by atoms with Crippen molar-refractivity contribution in [3.8, 4) is 0 Å². The average Bonchev–Trinajstić information content (AvgIpc) is 2.59. The van der Waals surface area contributed by atoms with Crippen molar-refractivity contribution in [3.63, 3.8) is 0 Å². The molecule has 5 nitrogen and oxygen atoms in total. The maximum absolute atomic E-state index is 13.6. The van der Waals surface area contributed by atoms with Crippen molar-refractivity contribution in [1.29, 1.82) is 0 Å². The van der Waals surface area contributed by atoms with E-state index in [9.17, 15) is 13.2 Å². The minimum Gasteiger partial charge on any atom is -0.271 e. The molecule has 0 unspecified atom stereocenters. The Bertz CT molecular complexity index is 880. The van der Waals surface area contributed by atoms with E-state index in [-0.39, 0.29) is 11.9 Å². The zero-order valence-corrected chi connectivity index (χ0v) is 17.1. The van der Waals surface area contributed by atoms with E-state index in [1.807, 2.05) is 19.1 Å². The molecule has 1 aromatic rings. The van der Waals surface area contributed by atoms with Gasteiger partial charge < -0.3 is 0 Å². The minimum atomic E-state index is -3.77. The summed E-state index contributed by atoms with van der Waals surface area (Å²) in [7, 11) is -3.77. The van der Waals surface area contributed by atoms with Crippen LogP contribution in [-0.2, 0) is 14.8 Å². The topological polar surface area (TPSA) is 57.7 Å². The predicted octanol–water partition coefficient (Wildman–Crippen LogP) is 3.35. The molecule has 4 saturated carbocycles. The molecule has 146 valence electrons. The van der Waals surface area contributed by atoms with Gasteiger partial charge in [0.05, 0.1) is 10.9 Å². The number of amides is 1. The highest BCUT2D eigenvalue weighted by atomic mass is 32.2. The van der Waals surface area contributed by atoms with E-state index in [0.717, 1.165) is 43.1 Å². The first-order valence-corrected chi connectivity index (χ1v) is 11.6. The minimum absolute atomic E-state index is 0.0443. The Morgan fingerprint density at radius 1 is 0.963 bits per heavy atom. The molecule has 1 amide bonds. The van der Waals surface area contributed by atoms with E-state index in [0.29, 0.717) is 16.7 Å². The van der Waals surface area contributed by atoms with Gasteiger partial charge >= 0.3 is 0 Å². The third-order valence-electron chi connectivity index (χ3n) is 7.46. The van der Waals surface area contributed by atoms with Gasteiger partial charge in [-0.15, -0.1) is 0 Å². The summed E-state index contributed by atoms with van der Waals surface area (Å²) in [6.07, 6.45) is 5.95. The lowest BCUT2D eigenvalue weighted by molar-refractivity contribution is -0.218. The molecule has 0 atom stereocenters. The van der Waals surface area contributed by atoms with E-state index in [4.69, 9.17) is 0 Å².